The first-order chi connectivity index (χ1) is 9.65. The van der Waals surface area contributed by atoms with Crippen LogP contribution >= 0.6 is 23.2 Å². The normalized spacial score (nSPS) is 15.9. The Morgan fingerprint density at radius 3 is 2.75 bits per heavy atom. The van der Waals surface area contributed by atoms with Gasteiger partial charge in [0.05, 0.1) is 23.9 Å². The van der Waals surface area contributed by atoms with Crippen LogP contribution in [0.4, 0.5) is 10.5 Å². The molecular weight excluding hydrogens is 301 g/mol. The maximum absolute atomic E-state index is 11.7. The highest BCUT2D eigenvalue weighted by molar-refractivity contribution is 6.36. The van der Waals surface area contributed by atoms with Crippen LogP contribution in [0.15, 0.2) is 18.2 Å². The molecule has 1 aliphatic heterocycles. The zero-order valence-electron chi connectivity index (χ0n) is 11.0. The number of nitrogens with zero attached hydrogens (tertiary/aromatic N) is 1. The Morgan fingerprint density at radius 1 is 1.30 bits per heavy atom. The molecule has 0 saturated carbocycles. The highest BCUT2D eigenvalue weighted by atomic mass is 35.5. The largest absolute Gasteiger partial charge is 0.379 e. The number of hydrogen-bond donors (Lipinski definition) is 2. The molecule has 20 heavy (non-hydrogen) atoms. The molecule has 1 aromatic rings. The van der Waals surface area contributed by atoms with E-state index in [2.05, 4.69) is 15.5 Å². The number of halogens is 2. The van der Waals surface area contributed by atoms with Crippen molar-refractivity contribution in [2.24, 2.45) is 0 Å². The third kappa shape index (κ3) is 4.83. The van der Waals surface area contributed by atoms with Gasteiger partial charge in [-0.25, -0.2) is 4.79 Å². The van der Waals surface area contributed by atoms with E-state index in [4.69, 9.17) is 27.9 Å². The Kier molecular flexibility index (Phi) is 5.91. The number of hydrogen-bond acceptors (Lipinski definition) is 3. The highest BCUT2D eigenvalue weighted by Crippen LogP contribution is 2.25. The molecule has 0 aliphatic carbocycles. The molecule has 1 aliphatic rings. The third-order valence-electron chi connectivity index (χ3n) is 3.00. The van der Waals surface area contributed by atoms with Crippen LogP contribution in [-0.4, -0.2) is 50.3 Å². The number of urea groups is 1. The van der Waals surface area contributed by atoms with Crippen LogP contribution in [0.2, 0.25) is 10.0 Å². The van der Waals surface area contributed by atoms with E-state index in [0.29, 0.717) is 22.3 Å². The standard InChI is InChI=1S/C13H17Cl2N3O2/c14-10-1-2-12(11(15)9-10)17-13(19)16-3-4-18-5-7-20-8-6-18/h1-2,9H,3-8H2,(H2,16,17,19). The maximum atomic E-state index is 11.7. The molecule has 5 nitrogen and oxygen atoms in total. The van der Waals surface area contributed by atoms with Crippen LogP contribution in [0.3, 0.4) is 0 Å². The van der Waals surface area contributed by atoms with Gasteiger partial charge in [0.1, 0.15) is 0 Å². The van der Waals surface area contributed by atoms with E-state index in [1.807, 2.05) is 0 Å². The van der Waals surface area contributed by atoms with Crippen LogP contribution in [-0.2, 0) is 4.74 Å². The van der Waals surface area contributed by atoms with E-state index in [9.17, 15) is 4.79 Å². The van der Waals surface area contributed by atoms with Crippen molar-refractivity contribution < 1.29 is 9.53 Å². The lowest BCUT2D eigenvalue weighted by molar-refractivity contribution is 0.0388. The van der Waals surface area contributed by atoms with Gasteiger partial charge < -0.3 is 15.4 Å². The zero-order valence-corrected chi connectivity index (χ0v) is 12.5. The lowest BCUT2D eigenvalue weighted by Gasteiger charge is -2.26. The van der Waals surface area contributed by atoms with Crippen molar-refractivity contribution in [3.05, 3.63) is 28.2 Å². The smallest absolute Gasteiger partial charge is 0.319 e. The van der Waals surface area contributed by atoms with Gasteiger partial charge in [0.25, 0.3) is 0 Å². The van der Waals surface area contributed by atoms with E-state index in [0.717, 1.165) is 32.8 Å². The monoisotopic (exact) mass is 317 g/mol. The number of morpholine rings is 1. The predicted octanol–water partition coefficient (Wildman–Crippen LogP) is 2.45. The Hall–Kier alpha value is -1.01. The number of benzene rings is 1. The Labute approximate surface area is 128 Å². The summed E-state index contributed by atoms with van der Waals surface area (Å²) in [5.41, 5.74) is 0.542. The van der Waals surface area contributed by atoms with Crippen molar-refractivity contribution in [1.82, 2.24) is 10.2 Å². The van der Waals surface area contributed by atoms with Gasteiger partial charge in [-0.15, -0.1) is 0 Å². The predicted molar refractivity (Wildman–Crippen MR) is 80.7 cm³/mol. The van der Waals surface area contributed by atoms with Gasteiger partial charge in [-0.3, -0.25) is 4.90 Å². The fourth-order valence-electron chi connectivity index (χ4n) is 1.91. The fourth-order valence-corrected chi connectivity index (χ4v) is 2.37. The molecule has 0 unspecified atom stereocenters. The summed E-state index contributed by atoms with van der Waals surface area (Å²) in [6.07, 6.45) is 0. The molecule has 1 fully saturated rings. The van der Waals surface area contributed by atoms with Gasteiger partial charge in [0.15, 0.2) is 0 Å². The summed E-state index contributed by atoms with van der Waals surface area (Å²) in [6, 6.07) is 4.66. The molecule has 2 N–H and O–H groups in total. The van der Waals surface area contributed by atoms with Gasteiger partial charge in [-0.1, -0.05) is 23.2 Å². The molecule has 0 atom stereocenters. The molecular formula is C13H17Cl2N3O2. The summed E-state index contributed by atoms with van der Waals surface area (Å²) >= 11 is 11.8. The molecule has 0 bridgehead atoms. The second kappa shape index (κ2) is 7.69. The minimum atomic E-state index is -0.275. The molecule has 1 saturated heterocycles. The van der Waals surface area contributed by atoms with Gasteiger partial charge in [-0.2, -0.15) is 0 Å². The second-order valence-corrected chi connectivity index (χ2v) is 5.30. The first kappa shape index (κ1) is 15.4. The average Bonchev–Trinajstić information content (AvgIpc) is 2.43. The number of nitrogens with one attached hydrogen (secondary N) is 2. The molecule has 2 rings (SSSR count). The summed E-state index contributed by atoms with van der Waals surface area (Å²) in [5.74, 6) is 0. The Balaban J connectivity index is 1.72. The van der Waals surface area contributed by atoms with Crippen LogP contribution in [0.25, 0.3) is 0 Å². The van der Waals surface area contributed by atoms with Gasteiger partial charge in [-0.05, 0) is 18.2 Å². The van der Waals surface area contributed by atoms with Crippen molar-refractivity contribution in [2.45, 2.75) is 0 Å². The van der Waals surface area contributed by atoms with Crippen LogP contribution in [0.1, 0.15) is 0 Å². The molecule has 0 aromatic heterocycles. The van der Waals surface area contributed by atoms with E-state index in [1.165, 1.54) is 0 Å². The summed E-state index contributed by atoms with van der Waals surface area (Å²) < 4.78 is 5.26. The first-order valence-electron chi connectivity index (χ1n) is 6.45. The van der Waals surface area contributed by atoms with Crippen molar-refractivity contribution in [3.63, 3.8) is 0 Å². The Bertz CT molecular complexity index is 465. The lowest BCUT2D eigenvalue weighted by atomic mass is 10.3. The summed E-state index contributed by atoms with van der Waals surface area (Å²) in [6.45, 7) is 4.72. The van der Waals surface area contributed by atoms with Gasteiger partial charge >= 0.3 is 6.03 Å². The molecule has 110 valence electrons. The minimum absolute atomic E-state index is 0.275. The zero-order chi connectivity index (χ0) is 14.4. The molecule has 2 amide bonds. The topological polar surface area (TPSA) is 53.6 Å². The second-order valence-electron chi connectivity index (χ2n) is 4.46. The summed E-state index contributed by atoms with van der Waals surface area (Å²) in [5, 5.41) is 6.44. The van der Waals surface area contributed by atoms with E-state index in [-0.39, 0.29) is 6.03 Å². The minimum Gasteiger partial charge on any atom is -0.379 e. The van der Waals surface area contributed by atoms with Crippen molar-refractivity contribution in [3.8, 4) is 0 Å². The third-order valence-corrected chi connectivity index (χ3v) is 3.54. The number of amides is 2. The molecule has 7 heteroatoms. The molecule has 1 aromatic carbocycles. The van der Waals surface area contributed by atoms with Crippen LogP contribution < -0.4 is 10.6 Å². The van der Waals surface area contributed by atoms with Gasteiger partial charge in [0.2, 0.25) is 0 Å². The average molecular weight is 318 g/mol. The lowest BCUT2D eigenvalue weighted by Crippen LogP contribution is -2.42. The Morgan fingerprint density at radius 2 is 2.05 bits per heavy atom. The van der Waals surface area contributed by atoms with Crippen LogP contribution in [0.5, 0.6) is 0 Å². The maximum Gasteiger partial charge on any atom is 0.319 e. The number of carbonyl (C=O) groups excluding carboxylic acids is 1. The number of ether oxygens (including phenoxy) is 1. The molecule has 0 radical (unpaired) electrons. The van der Waals surface area contributed by atoms with E-state index < -0.39 is 0 Å². The van der Waals surface area contributed by atoms with E-state index >= 15 is 0 Å². The number of anilines is 1. The van der Waals surface area contributed by atoms with Gasteiger partial charge in [0, 0.05) is 31.2 Å². The molecule has 0 spiro atoms. The van der Waals surface area contributed by atoms with E-state index in [1.54, 1.807) is 18.2 Å². The summed E-state index contributed by atoms with van der Waals surface area (Å²) in [4.78, 5) is 14.0. The fraction of sp³-hybridized carbons (Fsp3) is 0.462. The van der Waals surface area contributed by atoms with Crippen LogP contribution in [0, 0.1) is 0 Å². The van der Waals surface area contributed by atoms with Crippen molar-refractivity contribution in [1.29, 1.82) is 0 Å². The number of rotatable bonds is 4. The molecule has 1 heterocycles. The van der Waals surface area contributed by atoms with Crippen molar-refractivity contribution in [2.75, 3.05) is 44.7 Å². The summed E-state index contributed by atoms with van der Waals surface area (Å²) in [7, 11) is 0. The quantitative estimate of drug-likeness (QED) is 0.896. The highest BCUT2D eigenvalue weighted by Gasteiger charge is 2.10. The SMILES string of the molecule is O=C(NCCN1CCOCC1)Nc1ccc(Cl)cc1Cl. The van der Waals surface area contributed by atoms with Crippen molar-refractivity contribution >= 4 is 34.9 Å². The number of carbonyl (C=O) groups is 1. The first-order valence-corrected chi connectivity index (χ1v) is 7.21.